The largest absolute Gasteiger partial charge is 0.0944 e. The van der Waals surface area contributed by atoms with Crippen LogP contribution in [-0.2, 0) is 12.8 Å². The van der Waals surface area contributed by atoms with Crippen molar-refractivity contribution in [1.29, 1.82) is 0 Å². The summed E-state index contributed by atoms with van der Waals surface area (Å²) in [4.78, 5) is 0. The van der Waals surface area contributed by atoms with Gasteiger partial charge in [-0.1, -0.05) is 77.1 Å². The zero-order valence-corrected chi connectivity index (χ0v) is 12.0. The average molecular weight is 301 g/mol. The first kappa shape index (κ1) is 13.1. The van der Waals surface area contributed by atoms with Crippen LogP contribution in [-0.4, -0.2) is 5.33 Å². The average Bonchev–Trinajstić information content (AvgIpc) is 2.45. The maximum Gasteiger partial charge on any atom is 0.0283 e. The molecule has 0 bridgehead atoms. The van der Waals surface area contributed by atoms with Gasteiger partial charge in [0, 0.05) is 5.33 Å². The highest BCUT2D eigenvalue weighted by atomic mass is 79.9. The summed E-state index contributed by atoms with van der Waals surface area (Å²) in [6.07, 6.45) is 2.14. The van der Waals surface area contributed by atoms with Crippen molar-refractivity contribution in [1.82, 2.24) is 0 Å². The fourth-order valence-corrected chi connectivity index (χ4v) is 2.38. The Kier molecular flexibility index (Phi) is 4.77. The molecule has 0 fully saturated rings. The number of aryl methyl sites for hydroxylation is 2. The summed E-state index contributed by atoms with van der Waals surface area (Å²) in [5.41, 5.74) is 5.20. The number of alkyl halides is 1. The van der Waals surface area contributed by atoms with E-state index in [1.54, 1.807) is 0 Å². The van der Waals surface area contributed by atoms with Gasteiger partial charge in [-0.2, -0.15) is 0 Å². The van der Waals surface area contributed by atoms with Crippen molar-refractivity contribution >= 4 is 21.5 Å². The zero-order chi connectivity index (χ0) is 12.8. The minimum Gasteiger partial charge on any atom is -0.0944 e. The molecule has 2 rings (SSSR count). The standard InChI is InChI=1S/C17H17Br/c1-14(13-18)17-10-6-5-9-16(17)12-11-15-7-3-2-4-8-15/h2-10H,1,11-13H2. The van der Waals surface area contributed by atoms with Gasteiger partial charge < -0.3 is 0 Å². The molecule has 0 unspecified atom stereocenters. The summed E-state index contributed by atoms with van der Waals surface area (Å²) in [6, 6.07) is 19.2. The minimum absolute atomic E-state index is 0.829. The molecule has 18 heavy (non-hydrogen) atoms. The van der Waals surface area contributed by atoms with E-state index >= 15 is 0 Å². The lowest BCUT2D eigenvalue weighted by Gasteiger charge is -2.10. The van der Waals surface area contributed by atoms with Crippen molar-refractivity contribution < 1.29 is 0 Å². The first-order chi connectivity index (χ1) is 8.81. The SMILES string of the molecule is C=C(CBr)c1ccccc1CCc1ccccc1. The summed E-state index contributed by atoms with van der Waals surface area (Å²) < 4.78 is 0. The number of rotatable bonds is 5. The number of allylic oxidation sites excluding steroid dienone is 1. The lowest BCUT2D eigenvalue weighted by atomic mass is 9.96. The topological polar surface area (TPSA) is 0 Å². The van der Waals surface area contributed by atoms with Crippen LogP contribution < -0.4 is 0 Å². The van der Waals surface area contributed by atoms with E-state index in [1.165, 1.54) is 16.7 Å². The first-order valence-corrected chi connectivity index (χ1v) is 7.29. The van der Waals surface area contributed by atoms with Gasteiger partial charge in [-0.3, -0.25) is 0 Å². The Balaban J connectivity index is 2.12. The molecule has 2 aromatic rings. The Labute approximate surface area is 117 Å². The third-order valence-electron chi connectivity index (χ3n) is 3.09. The second kappa shape index (κ2) is 6.55. The van der Waals surface area contributed by atoms with E-state index in [1.807, 2.05) is 0 Å². The maximum atomic E-state index is 4.11. The Morgan fingerprint density at radius 3 is 2.28 bits per heavy atom. The van der Waals surface area contributed by atoms with Gasteiger partial charge in [-0.05, 0) is 35.1 Å². The van der Waals surface area contributed by atoms with Crippen molar-refractivity contribution in [3.8, 4) is 0 Å². The maximum absolute atomic E-state index is 4.11. The second-order valence-electron chi connectivity index (χ2n) is 4.38. The fourth-order valence-electron chi connectivity index (χ4n) is 2.08. The summed E-state index contributed by atoms with van der Waals surface area (Å²) in [6.45, 7) is 4.11. The van der Waals surface area contributed by atoms with Crippen molar-refractivity contribution in [3.05, 3.63) is 77.9 Å². The molecule has 0 spiro atoms. The summed E-state index contributed by atoms with van der Waals surface area (Å²) in [7, 11) is 0. The first-order valence-electron chi connectivity index (χ1n) is 6.17. The molecular formula is C17H17Br. The molecule has 0 aliphatic carbocycles. The quantitative estimate of drug-likeness (QED) is 0.690. The van der Waals surface area contributed by atoms with Crippen LogP contribution in [0.3, 0.4) is 0 Å². The molecule has 0 aliphatic rings. The molecule has 0 aliphatic heterocycles. The minimum atomic E-state index is 0.829. The second-order valence-corrected chi connectivity index (χ2v) is 4.94. The molecule has 0 heterocycles. The van der Waals surface area contributed by atoms with Crippen LogP contribution in [0.25, 0.3) is 5.57 Å². The van der Waals surface area contributed by atoms with Crippen molar-refractivity contribution in [2.45, 2.75) is 12.8 Å². The third kappa shape index (κ3) is 3.33. The number of hydrogen-bond acceptors (Lipinski definition) is 0. The van der Waals surface area contributed by atoms with Crippen molar-refractivity contribution in [2.24, 2.45) is 0 Å². The van der Waals surface area contributed by atoms with Crippen LogP contribution in [0.1, 0.15) is 16.7 Å². The molecule has 0 saturated carbocycles. The highest BCUT2D eigenvalue weighted by Gasteiger charge is 2.04. The van der Waals surface area contributed by atoms with Gasteiger partial charge in [0.05, 0.1) is 0 Å². The van der Waals surface area contributed by atoms with E-state index in [4.69, 9.17) is 0 Å². The molecular weight excluding hydrogens is 284 g/mol. The van der Waals surface area contributed by atoms with Crippen LogP contribution in [0.4, 0.5) is 0 Å². The summed E-state index contributed by atoms with van der Waals surface area (Å²) >= 11 is 3.48. The van der Waals surface area contributed by atoms with E-state index < -0.39 is 0 Å². The van der Waals surface area contributed by atoms with Gasteiger partial charge in [0.1, 0.15) is 0 Å². The van der Waals surface area contributed by atoms with E-state index in [0.717, 1.165) is 23.7 Å². The number of halogens is 1. The summed E-state index contributed by atoms with van der Waals surface area (Å²) in [5, 5.41) is 0.829. The molecule has 0 atom stereocenters. The van der Waals surface area contributed by atoms with Crippen molar-refractivity contribution in [3.63, 3.8) is 0 Å². The normalized spacial score (nSPS) is 10.3. The van der Waals surface area contributed by atoms with Crippen LogP contribution in [0.2, 0.25) is 0 Å². The molecule has 2 aromatic carbocycles. The predicted molar refractivity (Wildman–Crippen MR) is 83.1 cm³/mol. The van der Waals surface area contributed by atoms with E-state index in [2.05, 4.69) is 77.1 Å². The van der Waals surface area contributed by atoms with Crippen molar-refractivity contribution in [2.75, 3.05) is 5.33 Å². The molecule has 1 heteroatoms. The smallest absolute Gasteiger partial charge is 0.0283 e. The number of hydrogen-bond donors (Lipinski definition) is 0. The molecule has 0 aromatic heterocycles. The van der Waals surface area contributed by atoms with Gasteiger partial charge >= 0.3 is 0 Å². The lowest BCUT2D eigenvalue weighted by Crippen LogP contribution is -1.96. The van der Waals surface area contributed by atoms with Gasteiger partial charge in [0.15, 0.2) is 0 Å². The Morgan fingerprint density at radius 1 is 0.889 bits per heavy atom. The van der Waals surface area contributed by atoms with E-state index in [0.29, 0.717) is 0 Å². The Morgan fingerprint density at radius 2 is 1.56 bits per heavy atom. The van der Waals surface area contributed by atoms with Crippen LogP contribution in [0.5, 0.6) is 0 Å². The van der Waals surface area contributed by atoms with E-state index in [9.17, 15) is 0 Å². The van der Waals surface area contributed by atoms with E-state index in [-0.39, 0.29) is 0 Å². The predicted octanol–water partition coefficient (Wildman–Crippen LogP) is 4.88. The fraction of sp³-hybridized carbons (Fsp3) is 0.176. The third-order valence-corrected chi connectivity index (χ3v) is 3.76. The lowest BCUT2D eigenvalue weighted by molar-refractivity contribution is 0.956. The molecule has 0 N–H and O–H groups in total. The molecule has 0 amide bonds. The highest BCUT2D eigenvalue weighted by Crippen LogP contribution is 2.21. The van der Waals surface area contributed by atoms with Crippen LogP contribution >= 0.6 is 15.9 Å². The zero-order valence-electron chi connectivity index (χ0n) is 10.4. The number of benzene rings is 2. The highest BCUT2D eigenvalue weighted by molar-refractivity contribution is 9.09. The Hall–Kier alpha value is -1.34. The van der Waals surface area contributed by atoms with Crippen LogP contribution in [0, 0.1) is 0 Å². The molecule has 0 saturated heterocycles. The van der Waals surface area contributed by atoms with Gasteiger partial charge in [-0.15, -0.1) is 0 Å². The molecule has 0 nitrogen and oxygen atoms in total. The van der Waals surface area contributed by atoms with Gasteiger partial charge in [-0.25, -0.2) is 0 Å². The summed E-state index contributed by atoms with van der Waals surface area (Å²) in [5.74, 6) is 0. The van der Waals surface area contributed by atoms with Crippen LogP contribution in [0.15, 0.2) is 61.2 Å². The molecule has 0 radical (unpaired) electrons. The van der Waals surface area contributed by atoms with Gasteiger partial charge in [0.25, 0.3) is 0 Å². The van der Waals surface area contributed by atoms with Gasteiger partial charge in [0.2, 0.25) is 0 Å². The molecule has 92 valence electrons. The Bertz CT molecular complexity index is 514. The monoisotopic (exact) mass is 300 g/mol.